The first kappa shape index (κ1) is 26.4. The topological polar surface area (TPSA) is 108 Å². The number of amides is 1. The van der Waals surface area contributed by atoms with Crippen molar-refractivity contribution in [1.82, 2.24) is 44.8 Å². The molecule has 0 saturated carbocycles. The van der Waals surface area contributed by atoms with Gasteiger partial charge in [0.1, 0.15) is 5.69 Å². The predicted octanol–water partition coefficient (Wildman–Crippen LogP) is 3.04. The first-order valence-corrected chi connectivity index (χ1v) is 12.3. The van der Waals surface area contributed by atoms with Gasteiger partial charge in [0.25, 0.3) is 12.3 Å². The zero-order valence-corrected chi connectivity index (χ0v) is 21.9. The highest BCUT2D eigenvalue weighted by Crippen LogP contribution is 2.27. The van der Waals surface area contributed by atoms with Crippen LogP contribution in [0.15, 0.2) is 30.6 Å². The molecule has 0 radical (unpaired) electrons. The fourth-order valence-corrected chi connectivity index (χ4v) is 4.81. The minimum Gasteiger partial charge on any atom is -0.494 e. The second-order valence-electron chi connectivity index (χ2n) is 9.61. The Morgan fingerprint density at radius 2 is 2.05 bits per heavy atom. The Morgan fingerprint density at radius 1 is 1.26 bits per heavy atom. The van der Waals surface area contributed by atoms with Crippen LogP contribution in [0.2, 0.25) is 0 Å². The normalized spacial score (nSPS) is 15.5. The Balaban J connectivity index is 1.38. The lowest BCUT2D eigenvalue weighted by atomic mass is 10.1. The van der Waals surface area contributed by atoms with Crippen LogP contribution < -0.4 is 10.1 Å². The molecule has 0 spiro atoms. The SMILES string of the molecule is COc1ccc(-n2cc(C)nn2)c(CNC(=O)c2cn(Cc3cc4n(n3)C(C)CN(C)C4)nc2C(F)F)c1F. The van der Waals surface area contributed by atoms with Gasteiger partial charge in [-0.25, -0.2) is 17.9 Å². The van der Waals surface area contributed by atoms with E-state index in [-0.39, 0.29) is 36.0 Å². The van der Waals surface area contributed by atoms with Crippen molar-refractivity contribution in [3.05, 3.63) is 70.3 Å². The Bertz CT molecular complexity index is 1510. The summed E-state index contributed by atoms with van der Waals surface area (Å²) in [7, 11) is 3.34. The van der Waals surface area contributed by atoms with Gasteiger partial charge in [-0.1, -0.05) is 5.21 Å². The largest absolute Gasteiger partial charge is 0.494 e. The van der Waals surface area contributed by atoms with Crippen LogP contribution in [0.4, 0.5) is 13.2 Å². The lowest BCUT2D eigenvalue weighted by Gasteiger charge is -2.28. The molecule has 4 aromatic rings. The van der Waals surface area contributed by atoms with Crippen LogP contribution in [0.1, 0.15) is 58.1 Å². The van der Waals surface area contributed by atoms with Gasteiger partial charge in [-0.05, 0) is 39.1 Å². The maximum absolute atomic E-state index is 15.2. The summed E-state index contributed by atoms with van der Waals surface area (Å²) in [6.45, 7) is 5.16. The van der Waals surface area contributed by atoms with E-state index in [2.05, 4.69) is 37.6 Å². The molecular weight excluding hydrogens is 515 g/mol. The summed E-state index contributed by atoms with van der Waals surface area (Å²) in [5.74, 6) is -1.57. The molecule has 0 fully saturated rings. The first-order valence-electron chi connectivity index (χ1n) is 12.3. The summed E-state index contributed by atoms with van der Waals surface area (Å²) in [6.07, 6.45) is -0.134. The average molecular weight is 544 g/mol. The number of nitrogens with zero attached hydrogens (tertiary/aromatic N) is 8. The smallest absolute Gasteiger partial charge is 0.282 e. The number of hydrogen-bond acceptors (Lipinski definition) is 7. The quantitative estimate of drug-likeness (QED) is 0.364. The summed E-state index contributed by atoms with van der Waals surface area (Å²) in [5.41, 5.74) is 1.68. The third kappa shape index (κ3) is 5.24. The highest BCUT2D eigenvalue weighted by Gasteiger charge is 2.26. The number of fused-ring (bicyclic) bond motifs is 1. The molecule has 0 saturated heterocycles. The van der Waals surface area contributed by atoms with Gasteiger partial charge in [-0.15, -0.1) is 5.10 Å². The summed E-state index contributed by atoms with van der Waals surface area (Å²) in [4.78, 5) is 15.2. The van der Waals surface area contributed by atoms with Crippen LogP contribution in [0.3, 0.4) is 0 Å². The third-order valence-electron chi connectivity index (χ3n) is 6.54. The number of halogens is 3. The maximum atomic E-state index is 15.2. The van der Waals surface area contributed by atoms with Crippen molar-refractivity contribution < 1.29 is 22.7 Å². The molecule has 4 heterocycles. The van der Waals surface area contributed by atoms with Crippen molar-refractivity contribution in [2.45, 2.75) is 45.9 Å². The summed E-state index contributed by atoms with van der Waals surface area (Å²) < 4.78 is 52.5. The van der Waals surface area contributed by atoms with Gasteiger partial charge in [0.15, 0.2) is 11.6 Å². The molecule has 1 unspecified atom stereocenters. The van der Waals surface area contributed by atoms with E-state index in [9.17, 15) is 13.6 Å². The summed E-state index contributed by atoms with van der Waals surface area (Å²) in [5, 5.41) is 19.0. The molecule has 1 amide bonds. The van der Waals surface area contributed by atoms with Crippen LogP contribution >= 0.6 is 0 Å². The predicted molar refractivity (Wildman–Crippen MR) is 133 cm³/mol. The van der Waals surface area contributed by atoms with E-state index in [0.717, 1.165) is 18.8 Å². The lowest BCUT2D eigenvalue weighted by Crippen LogP contribution is -2.33. The number of rotatable bonds is 8. The van der Waals surface area contributed by atoms with E-state index in [1.165, 1.54) is 28.7 Å². The molecular formula is C25H28F3N9O2. The van der Waals surface area contributed by atoms with E-state index < -0.39 is 23.8 Å². The van der Waals surface area contributed by atoms with Crippen LogP contribution in [-0.2, 0) is 19.6 Å². The Labute approximate surface area is 222 Å². The van der Waals surface area contributed by atoms with Crippen LogP contribution in [-0.4, -0.2) is 66.1 Å². The highest BCUT2D eigenvalue weighted by atomic mass is 19.3. The molecule has 1 aromatic carbocycles. The maximum Gasteiger partial charge on any atom is 0.282 e. The second kappa shape index (κ2) is 10.5. The molecule has 1 aliphatic heterocycles. The van der Waals surface area contributed by atoms with Gasteiger partial charge >= 0.3 is 0 Å². The number of carbonyl (C=O) groups excluding carboxylic acids is 1. The Morgan fingerprint density at radius 3 is 2.74 bits per heavy atom. The number of benzene rings is 1. The zero-order chi connectivity index (χ0) is 27.8. The number of nitrogens with one attached hydrogen (secondary N) is 1. The van der Waals surface area contributed by atoms with Gasteiger partial charge in [0.05, 0.1) is 54.2 Å². The number of aromatic nitrogens is 7. The molecule has 1 N–H and O–H groups in total. The third-order valence-corrected chi connectivity index (χ3v) is 6.54. The fraction of sp³-hybridized carbons (Fsp3) is 0.400. The van der Waals surface area contributed by atoms with E-state index >= 15 is 4.39 Å². The minimum atomic E-state index is -2.99. The number of hydrogen-bond donors (Lipinski definition) is 1. The average Bonchev–Trinajstić information content (AvgIpc) is 3.61. The molecule has 5 rings (SSSR count). The summed E-state index contributed by atoms with van der Waals surface area (Å²) in [6, 6.07) is 5.09. The number of ether oxygens (including phenoxy) is 1. The van der Waals surface area contributed by atoms with Crippen LogP contribution in [0.25, 0.3) is 5.69 Å². The molecule has 11 nitrogen and oxygen atoms in total. The van der Waals surface area contributed by atoms with E-state index in [4.69, 9.17) is 4.74 Å². The standard InChI is InChI=1S/C25H28F3N9O2/c1-14-9-36(33-30-14)20-5-6-21(39-4)22(26)18(20)8-29-25(38)19-13-35(32-23(19)24(27)28)11-16-7-17-12-34(3)10-15(2)37(17)31-16/h5-7,9,13,15,24H,8,10-12H2,1-4H3,(H,29,38). The molecule has 1 aliphatic rings. The zero-order valence-electron chi connectivity index (χ0n) is 21.9. The van der Waals surface area contributed by atoms with Crippen molar-refractivity contribution >= 4 is 5.91 Å². The van der Waals surface area contributed by atoms with E-state index in [0.29, 0.717) is 17.1 Å². The number of alkyl halides is 2. The highest BCUT2D eigenvalue weighted by molar-refractivity contribution is 5.95. The monoisotopic (exact) mass is 543 g/mol. The van der Waals surface area contributed by atoms with Crippen molar-refractivity contribution in [3.63, 3.8) is 0 Å². The van der Waals surface area contributed by atoms with E-state index in [1.807, 2.05) is 17.8 Å². The van der Waals surface area contributed by atoms with Crippen LogP contribution in [0, 0.1) is 12.7 Å². The Hall–Kier alpha value is -4.20. The number of aryl methyl sites for hydroxylation is 1. The molecule has 206 valence electrons. The van der Waals surface area contributed by atoms with Gasteiger partial charge in [-0.2, -0.15) is 10.2 Å². The molecule has 14 heteroatoms. The molecule has 39 heavy (non-hydrogen) atoms. The minimum absolute atomic E-state index is 0.0378. The van der Waals surface area contributed by atoms with Crippen LogP contribution in [0.5, 0.6) is 5.75 Å². The molecule has 3 aromatic heterocycles. The molecule has 1 atom stereocenters. The fourth-order valence-electron chi connectivity index (χ4n) is 4.81. The van der Waals surface area contributed by atoms with Crippen molar-refractivity contribution in [2.75, 3.05) is 20.7 Å². The number of likely N-dealkylation sites (N-methyl/N-ethyl adjacent to an activating group) is 1. The van der Waals surface area contributed by atoms with E-state index in [1.54, 1.807) is 19.2 Å². The molecule has 0 bridgehead atoms. The second-order valence-corrected chi connectivity index (χ2v) is 9.61. The van der Waals surface area contributed by atoms with Gasteiger partial charge in [0.2, 0.25) is 0 Å². The van der Waals surface area contributed by atoms with Crippen molar-refractivity contribution in [3.8, 4) is 11.4 Å². The lowest BCUT2D eigenvalue weighted by molar-refractivity contribution is 0.0936. The van der Waals surface area contributed by atoms with Gasteiger partial charge < -0.3 is 10.1 Å². The van der Waals surface area contributed by atoms with Gasteiger partial charge in [-0.3, -0.25) is 19.1 Å². The summed E-state index contributed by atoms with van der Waals surface area (Å²) >= 11 is 0. The van der Waals surface area contributed by atoms with Crippen molar-refractivity contribution in [2.24, 2.45) is 0 Å². The number of carbonyl (C=O) groups is 1. The number of methoxy groups -OCH3 is 1. The van der Waals surface area contributed by atoms with Gasteiger partial charge in [0, 0.05) is 31.4 Å². The first-order chi connectivity index (χ1) is 18.6. The molecule has 0 aliphatic carbocycles. The Kier molecular flexibility index (Phi) is 7.12. The van der Waals surface area contributed by atoms with Crippen molar-refractivity contribution in [1.29, 1.82) is 0 Å².